The maximum absolute atomic E-state index is 13.4. The van der Waals surface area contributed by atoms with Gasteiger partial charge in [-0.1, -0.05) is 17.7 Å². The first-order valence-electron chi connectivity index (χ1n) is 6.19. The van der Waals surface area contributed by atoms with Crippen molar-refractivity contribution in [2.24, 2.45) is 0 Å². The van der Waals surface area contributed by atoms with Crippen molar-refractivity contribution in [2.75, 3.05) is 11.5 Å². The van der Waals surface area contributed by atoms with Crippen LogP contribution in [0.2, 0.25) is 5.02 Å². The first-order valence-corrected chi connectivity index (χ1v) is 7.72. The van der Waals surface area contributed by atoms with E-state index in [-0.39, 0.29) is 10.6 Å². The summed E-state index contributed by atoms with van der Waals surface area (Å²) in [5, 5.41) is 10.9. The van der Waals surface area contributed by atoms with E-state index >= 15 is 0 Å². The number of carboxylic acids is 1. The second-order valence-corrected chi connectivity index (χ2v) is 5.89. The summed E-state index contributed by atoms with van der Waals surface area (Å²) in [6.07, 6.45) is -4.94. The van der Waals surface area contributed by atoms with Crippen LogP contribution in [-0.4, -0.2) is 34.7 Å². The molecule has 1 rings (SSSR count). The van der Waals surface area contributed by atoms with E-state index in [0.29, 0.717) is 11.8 Å². The fourth-order valence-electron chi connectivity index (χ4n) is 1.65. The first-order chi connectivity index (χ1) is 10.6. The first kappa shape index (κ1) is 19.6. The molecule has 23 heavy (non-hydrogen) atoms. The predicted octanol–water partition coefficient (Wildman–Crippen LogP) is 3.41. The lowest BCUT2D eigenvalue weighted by Crippen LogP contribution is -2.32. The fourth-order valence-corrected chi connectivity index (χ4v) is 2.37. The zero-order valence-electron chi connectivity index (χ0n) is 11.5. The Bertz CT molecular complexity index is 583. The van der Waals surface area contributed by atoms with Crippen LogP contribution in [-0.2, 0) is 9.59 Å². The van der Waals surface area contributed by atoms with Gasteiger partial charge in [-0.05, 0) is 17.7 Å². The summed E-state index contributed by atoms with van der Waals surface area (Å²) >= 11 is 5.87. The Morgan fingerprint density at radius 2 is 2.00 bits per heavy atom. The molecule has 0 aromatic heterocycles. The van der Waals surface area contributed by atoms with Crippen molar-refractivity contribution in [3.63, 3.8) is 0 Å². The van der Waals surface area contributed by atoms with Crippen molar-refractivity contribution in [3.8, 4) is 0 Å². The van der Waals surface area contributed by atoms with Crippen molar-refractivity contribution >= 4 is 35.2 Å². The smallest absolute Gasteiger partial charge is 0.397 e. The zero-order chi connectivity index (χ0) is 17.6. The molecule has 2 N–H and O–H groups in total. The number of carbonyl (C=O) groups is 2. The molecule has 1 unspecified atom stereocenters. The molecule has 10 heteroatoms. The van der Waals surface area contributed by atoms with E-state index in [4.69, 9.17) is 16.7 Å². The van der Waals surface area contributed by atoms with Gasteiger partial charge in [0.15, 0.2) is 0 Å². The van der Waals surface area contributed by atoms with E-state index in [1.165, 1.54) is 12.1 Å². The lowest BCUT2D eigenvalue weighted by Gasteiger charge is -2.18. The van der Waals surface area contributed by atoms with Gasteiger partial charge in [-0.2, -0.15) is 13.2 Å². The number of hydrogen-bond acceptors (Lipinski definition) is 3. The maximum atomic E-state index is 13.4. The molecule has 0 radical (unpaired) electrons. The van der Waals surface area contributed by atoms with Crippen LogP contribution in [0.3, 0.4) is 0 Å². The van der Waals surface area contributed by atoms with Gasteiger partial charge < -0.3 is 10.4 Å². The summed E-state index contributed by atoms with van der Waals surface area (Å²) < 4.78 is 49.4. The van der Waals surface area contributed by atoms with Gasteiger partial charge in [-0.15, -0.1) is 11.8 Å². The van der Waals surface area contributed by atoms with Gasteiger partial charge in [0, 0.05) is 0 Å². The number of rotatable bonds is 7. The van der Waals surface area contributed by atoms with E-state index < -0.39 is 47.8 Å². The number of alkyl halides is 3. The Morgan fingerprint density at radius 3 is 2.52 bits per heavy atom. The second-order valence-electron chi connectivity index (χ2n) is 4.50. The summed E-state index contributed by atoms with van der Waals surface area (Å²) in [6, 6.07) is 2.44. The minimum absolute atomic E-state index is 0.156. The molecule has 0 saturated heterocycles. The Morgan fingerprint density at radius 1 is 1.35 bits per heavy atom. The molecule has 0 heterocycles. The number of nitrogens with one attached hydrogen (secondary N) is 1. The Hall–Kier alpha value is -1.48. The summed E-state index contributed by atoms with van der Waals surface area (Å²) in [4.78, 5) is 22.5. The van der Waals surface area contributed by atoms with Crippen LogP contribution in [0.1, 0.15) is 18.0 Å². The average molecular weight is 374 g/mol. The van der Waals surface area contributed by atoms with Crippen LogP contribution in [0.4, 0.5) is 17.6 Å². The lowest BCUT2D eigenvalue weighted by molar-refractivity contribution is -0.137. The molecule has 0 saturated carbocycles. The van der Waals surface area contributed by atoms with E-state index in [9.17, 15) is 27.2 Å². The standard InChI is InChI=1S/C13H12ClF4NO3S/c14-8-2-1-7(3-9(8)15)10(4-12(21)22)19-11(20)5-23-6-13(16,17)18/h1-3,10H,4-6H2,(H,19,20)(H,21,22). The molecule has 0 aliphatic carbocycles. The number of benzene rings is 1. The molecule has 128 valence electrons. The summed E-state index contributed by atoms with van der Waals surface area (Å²) in [5.74, 6) is -4.51. The number of amides is 1. The minimum Gasteiger partial charge on any atom is -0.481 e. The van der Waals surface area contributed by atoms with Crippen molar-refractivity contribution < 1.29 is 32.3 Å². The second kappa shape index (κ2) is 8.39. The molecule has 1 amide bonds. The molecule has 0 aliphatic rings. The molecule has 0 spiro atoms. The molecule has 0 fully saturated rings. The SMILES string of the molecule is O=C(O)CC(NC(=O)CSCC(F)(F)F)c1ccc(Cl)c(F)c1. The molecule has 4 nitrogen and oxygen atoms in total. The highest BCUT2D eigenvalue weighted by molar-refractivity contribution is 8.00. The highest BCUT2D eigenvalue weighted by Gasteiger charge is 2.27. The van der Waals surface area contributed by atoms with Crippen LogP contribution < -0.4 is 5.32 Å². The summed E-state index contributed by atoms with van der Waals surface area (Å²) in [6.45, 7) is 0. The topological polar surface area (TPSA) is 66.4 Å². The van der Waals surface area contributed by atoms with E-state index in [1.54, 1.807) is 0 Å². The largest absolute Gasteiger partial charge is 0.481 e. The minimum atomic E-state index is -4.40. The quantitative estimate of drug-likeness (QED) is 0.719. The van der Waals surface area contributed by atoms with Gasteiger partial charge in [0.25, 0.3) is 0 Å². The van der Waals surface area contributed by atoms with Crippen LogP contribution in [0.5, 0.6) is 0 Å². The van der Waals surface area contributed by atoms with E-state index in [2.05, 4.69) is 5.32 Å². The van der Waals surface area contributed by atoms with Gasteiger partial charge in [-0.3, -0.25) is 9.59 Å². The van der Waals surface area contributed by atoms with Gasteiger partial charge in [0.1, 0.15) is 5.82 Å². The van der Waals surface area contributed by atoms with Crippen molar-refractivity contribution in [1.29, 1.82) is 0 Å². The number of thioether (sulfide) groups is 1. The van der Waals surface area contributed by atoms with Crippen LogP contribution in [0.15, 0.2) is 18.2 Å². The normalized spacial score (nSPS) is 12.7. The number of hydrogen-bond donors (Lipinski definition) is 2. The number of carbonyl (C=O) groups excluding carboxylic acids is 1. The van der Waals surface area contributed by atoms with Crippen LogP contribution >= 0.6 is 23.4 Å². The number of aliphatic carboxylic acids is 1. The van der Waals surface area contributed by atoms with Crippen LogP contribution in [0.25, 0.3) is 0 Å². The fraction of sp³-hybridized carbons (Fsp3) is 0.385. The third-order valence-electron chi connectivity index (χ3n) is 2.56. The molecule has 1 aromatic carbocycles. The molecular weight excluding hydrogens is 362 g/mol. The maximum Gasteiger partial charge on any atom is 0.397 e. The van der Waals surface area contributed by atoms with Crippen molar-refractivity contribution in [2.45, 2.75) is 18.6 Å². The van der Waals surface area contributed by atoms with Gasteiger partial charge in [0.05, 0.1) is 29.0 Å². The lowest BCUT2D eigenvalue weighted by atomic mass is 10.0. The predicted molar refractivity (Wildman–Crippen MR) is 77.9 cm³/mol. The zero-order valence-corrected chi connectivity index (χ0v) is 13.1. The Labute approximate surface area is 138 Å². The number of carboxylic acid groups (broad SMARTS) is 1. The molecule has 1 atom stereocenters. The third-order valence-corrected chi connectivity index (χ3v) is 3.86. The highest BCUT2D eigenvalue weighted by atomic mass is 35.5. The number of halogens is 5. The highest BCUT2D eigenvalue weighted by Crippen LogP contribution is 2.24. The van der Waals surface area contributed by atoms with E-state index in [0.717, 1.165) is 6.07 Å². The average Bonchev–Trinajstić information content (AvgIpc) is 2.39. The third kappa shape index (κ3) is 7.56. The molecule has 0 aliphatic heterocycles. The Balaban J connectivity index is 2.72. The van der Waals surface area contributed by atoms with Gasteiger partial charge in [-0.25, -0.2) is 4.39 Å². The molecule has 0 bridgehead atoms. The molecular formula is C13H12ClF4NO3S. The van der Waals surface area contributed by atoms with Crippen molar-refractivity contribution in [1.82, 2.24) is 5.32 Å². The molecule has 1 aromatic rings. The van der Waals surface area contributed by atoms with Crippen LogP contribution in [0, 0.1) is 5.82 Å². The van der Waals surface area contributed by atoms with Crippen molar-refractivity contribution in [3.05, 3.63) is 34.6 Å². The van der Waals surface area contributed by atoms with Gasteiger partial charge in [0.2, 0.25) is 5.91 Å². The monoisotopic (exact) mass is 373 g/mol. The summed E-state index contributed by atoms with van der Waals surface area (Å²) in [7, 11) is 0. The summed E-state index contributed by atoms with van der Waals surface area (Å²) in [5.41, 5.74) is 0.156. The Kier molecular flexibility index (Phi) is 7.14. The van der Waals surface area contributed by atoms with Gasteiger partial charge >= 0.3 is 12.1 Å². The van der Waals surface area contributed by atoms with E-state index in [1.807, 2.05) is 0 Å².